The van der Waals surface area contributed by atoms with Gasteiger partial charge in [0.15, 0.2) is 0 Å². The Labute approximate surface area is 121 Å². The van der Waals surface area contributed by atoms with E-state index in [-0.39, 0.29) is 5.82 Å². The fraction of sp³-hybridized carbons (Fsp3) is 0.200. The molecule has 0 aliphatic carbocycles. The summed E-state index contributed by atoms with van der Waals surface area (Å²) in [6.45, 7) is 0. The Bertz CT molecular complexity index is 574. The lowest BCUT2D eigenvalue weighted by molar-refractivity contribution is 0.175. The maximum absolute atomic E-state index is 13.0. The summed E-state index contributed by atoms with van der Waals surface area (Å²) >= 11 is 7.57. The minimum Gasteiger partial charge on any atom is -0.388 e. The topological polar surface area (TPSA) is 20.2 Å². The van der Waals surface area contributed by atoms with Gasteiger partial charge in [-0.15, -0.1) is 11.8 Å². The van der Waals surface area contributed by atoms with Crippen molar-refractivity contribution in [3.63, 3.8) is 0 Å². The second kappa shape index (κ2) is 6.42. The maximum Gasteiger partial charge on any atom is 0.124 e. The Morgan fingerprint density at radius 1 is 1.26 bits per heavy atom. The summed E-state index contributed by atoms with van der Waals surface area (Å²) < 4.78 is 13.0. The van der Waals surface area contributed by atoms with Gasteiger partial charge in [-0.05, 0) is 35.6 Å². The third-order valence-corrected chi connectivity index (χ3v) is 4.09. The van der Waals surface area contributed by atoms with Crippen molar-refractivity contribution in [2.24, 2.45) is 0 Å². The molecule has 0 saturated carbocycles. The highest BCUT2D eigenvalue weighted by atomic mass is 35.5. The Morgan fingerprint density at radius 3 is 2.68 bits per heavy atom. The molecule has 2 aromatic rings. The van der Waals surface area contributed by atoms with Crippen LogP contribution >= 0.6 is 23.4 Å². The van der Waals surface area contributed by atoms with Crippen molar-refractivity contribution in [2.75, 3.05) is 6.26 Å². The number of thioether (sulfide) groups is 1. The Hall–Kier alpha value is -1.03. The van der Waals surface area contributed by atoms with Crippen molar-refractivity contribution in [1.82, 2.24) is 0 Å². The minimum absolute atomic E-state index is 0.348. The summed E-state index contributed by atoms with van der Waals surface area (Å²) in [5.41, 5.74) is 1.61. The molecule has 0 spiro atoms. The van der Waals surface area contributed by atoms with Crippen molar-refractivity contribution >= 4 is 23.4 Å². The number of hydrogen-bond acceptors (Lipinski definition) is 2. The second-order valence-electron chi connectivity index (χ2n) is 4.20. The first kappa shape index (κ1) is 14.4. The Balaban J connectivity index is 2.23. The molecule has 0 amide bonds. The van der Waals surface area contributed by atoms with Crippen molar-refractivity contribution in [3.8, 4) is 0 Å². The van der Waals surface area contributed by atoms with E-state index >= 15 is 0 Å². The average molecular weight is 297 g/mol. The maximum atomic E-state index is 13.0. The molecule has 0 radical (unpaired) electrons. The lowest BCUT2D eigenvalue weighted by Crippen LogP contribution is -2.04. The number of benzene rings is 2. The zero-order chi connectivity index (χ0) is 13.8. The fourth-order valence-electron chi connectivity index (χ4n) is 1.95. The highest BCUT2D eigenvalue weighted by molar-refractivity contribution is 7.98. The van der Waals surface area contributed by atoms with E-state index in [0.29, 0.717) is 11.4 Å². The van der Waals surface area contributed by atoms with E-state index in [1.54, 1.807) is 17.8 Å². The molecule has 1 nitrogen and oxygen atoms in total. The van der Waals surface area contributed by atoms with Gasteiger partial charge in [-0.3, -0.25) is 0 Å². The average Bonchev–Trinajstić information content (AvgIpc) is 2.41. The molecular weight excluding hydrogens is 283 g/mol. The molecule has 4 heteroatoms. The quantitative estimate of drug-likeness (QED) is 0.840. The lowest BCUT2D eigenvalue weighted by atomic mass is 10.0. The van der Waals surface area contributed by atoms with Crippen molar-refractivity contribution in [2.45, 2.75) is 17.4 Å². The number of halogens is 2. The zero-order valence-corrected chi connectivity index (χ0v) is 12.0. The van der Waals surface area contributed by atoms with Crippen molar-refractivity contribution in [1.29, 1.82) is 0 Å². The zero-order valence-electron chi connectivity index (χ0n) is 10.4. The van der Waals surface area contributed by atoms with Gasteiger partial charge in [-0.2, -0.15) is 0 Å². The van der Waals surface area contributed by atoms with Crippen LogP contribution in [0, 0.1) is 5.82 Å². The second-order valence-corrected chi connectivity index (χ2v) is 5.45. The van der Waals surface area contributed by atoms with Gasteiger partial charge in [0.05, 0.1) is 6.10 Å². The van der Waals surface area contributed by atoms with Gasteiger partial charge in [0.25, 0.3) is 0 Å². The van der Waals surface area contributed by atoms with Gasteiger partial charge in [0.2, 0.25) is 0 Å². The molecule has 100 valence electrons. The van der Waals surface area contributed by atoms with Crippen LogP contribution in [0.1, 0.15) is 17.2 Å². The molecule has 0 fully saturated rings. The van der Waals surface area contributed by atoms with Gasteiger partial charge in [-0.1, -0.05) is 35.9 Å². The van der Waals surface area contributed by atoms with Crippen LogP contribution in [0.25, 0.3) is 0 Å². The van der Waals surface area contributed by atoms with Crippen LogP contribution in [0.2, 0.25) is 5.02 Å². The first-order chi connectivity index (χ1) is 9.11. The molecule has 0 aliphatic rings. The molecule has 0 saturated heterocycles. The number of aliphatic hydroxyl groups excluding tert-OH is 1. The van der Waals surface area contributed by atoms with Crippen LogP contribution in [0.3, 0.4) is 0 Å². The van der Waals surface area contributed by atoms with E-state index in [1.807, 2.05) is 30.5 Å². The van der Waals surface area contributed by atoms with Crippen molar-refractivity contribution in [3.05, 3.63) is 64.4 Å². The summed E-state index contributed by atoms with van der Waals surface area (Å²) in [6, 6.07) is 11.9. The van der Waals surface area contributed by atoms with Gasteiger partial charge in [-0.25, -0.2) is 4.39 Å². The van der Waals surface area contributed by atoms with E-state index in [0.717, 1.165) is 16.0 Å². The summed E-state index contributed by atoms with van der Waals surface area (Å²) in [7, 11) is 0. The first-order valence-electron chi connectivity index (χ1n) is 5.86. The molecule has 0 aliphatic heterocycles. The van der Waals surface area contributed by atoms with Crippen LogP contribution in [0.5, 0.6) is 0 Å². The highest BCUT2D eigenvalue weighted by Gasteiger charge is 2.14. The summed E-state index contributed by atoms with van der Waals surface area (Å²) in [5.74, 6) is -0.368. The molecule has 1 atom stereocenters. The summed E-state index contributed by atoms with van der Waals surface area (Å²) in [6.07, 6.45) is 1.69. The third kappa shape index (κ3) is 3.50. The number of aliphatic hydroxyl groups is 1. The minimum atomic E-state index is -0.647. The predicted molar refractivity (Wildman–Crippen MR) is 78.3 cm³/mol. The van der Waals surface area contributed by atoms with E-state index in [1.165, 1.54) is 12.1 Å². The molecule has 0 bridgehead atoms. The van der Waals surface area contributed by atoms with E-state index in [2.05, 4.69) is 0 Å². The standard InChI is InChI=1S/C15H14ClFOS/c1-19-15-5-3-2-4-12(15)14(18)8-10-6-7-11(17)9-13(10)16/h2-7,9,14,18H,8H2,1H3. The van der Waals surface area contributed by atoms with Crippen LogP contribution in [-0.2, 0) is 6.42 Å². The monoisotopic (exact) mass is 296 g/mol. The van der Waals surface area contributed by atoms with E-state index < -0.39 is 6.10 Å². The Morgan fingerprint density at radius 2 is 2.00 bits per heavy atom. The van der Waals surface area contributed by atoms with Crippen LogP contribution in [0.15, 0.2) is 47.4 Å². The number of rotatable bonds is 4. The Kier molecular flexibility index (Phi) is 4.86. The van der Waals surface area contributed by atoms with Crippen LogP contribution in [-0.4, -0.2) is 11.4 Å². The largest absolute Gasteiger partial charge is 0.388 e. The lowest BCUT2D eigenvalue weighted by Gasteiger charge is -2.15. The molecule has 1 unspecified atom stereocenters. The van der Waals surface area contributed by atoms with Gasteiger partial charge in [0.1, 0.15) is 5.82 Å². The van der Waals surface area contributed by atoms with E-state index in [9.17, 15) is 9.50 Å². The molecule has 2 aromatic carbocycles. The number of hydrogen-bond donors (Lipinski definition) is 1. The molecular formula is C15H14ClFOS. The molecule has 0 aromatic heterocycles. The smallest absolute Gasteiger partial charge is 0.124 e. The van der Waals surface area contributed by atoms with Crippen LogP contribution < -0.4 is 0 Å². The highest BCUT2D eigenvalue weighted by Crippen LogP contribution is 2.29. The summed E-state index contributed by atoms with van der Waals surface area (Å²) in [4.78, 5) is 1.04. The van der Waals surface area contributed by atoms with E-state index in [4.69, 9.17) is 11.6 Å². The molecule has 1 N–H and O–H groups in total. The summed E-state index contributed by atoms with van der Waals surface area (Å²) in [5, 5.41) is 10.7. The SMILES string of the molecule is CSc1ccccc1C(O)Cc1ccc(F)cc1Cl. The fourth-order valence-corrected chi connectivity index (χ4v) is 2.85. The van der Waals surface area contributed by atoms with Gasteiger partial charge >= 0.3 is 0 Å². The molecule has 19 heavy (non-hydrogen) atoms. The van der Waals surface area contributed by atoms with Crippen molar-refractivity contribution < 1.29 is 9.50 Å². The van der Waals surface area contributed by atoms with Crippen LogP contribution in [0.4, 0.5) is 4.39 Å². The van der Waals surface area contributed by atoms with Gasteiger partial charge in [0, 0.05) is 16.3 Å². The van der Waals surface area contributed by atoms with Gasteiger partial charge < -0.3 is 5.11 Å². The predicted octanol–water partition coefficient (Wildman–Crippen LogP) is 4.48. The third-order valence-electron chi connectivity index (χ3n) is 2.93. The normalized spacial score (nSPS) is 12.4. The molecule has 2 rings (SSSR count). The molecule has 0 heterocycles. The first-order valence-corrected chi connectivity index (χ1v) is 7.47.